The summed E-state index contributed by atoms with van der Waals surface area (Å²) in [7, 11) is 1.53. The van der Waals surface area contributed by atoms with Crippen molar-refractivity contribution in [2.75, 3.05) is 7.11 Å². The molecule has 1 aliphatic rings. The van der Waals surface area contributed by atoms with E-state index in [1.54, 1.807) is 36.4 Å². The van der Waals surface area contributed by atoms with Crippen LogP contribution in [0.1, 0.15) is 15.9 Å². The molecule has 0 radical (unpaired) electrons. The van der Waals surface area contributed by atoms with E-state index in [2.05, 4.69) is 9.98 Å². The summed E-state index contributed by atoms with van der Waals surface area (Å²) in [5.74, 6) is 0.217. The maximum atomic E-state index is 12.2. The van der Waals surface area contributed by atoms with Crippen LogP contribution in [0.5, 0.6) is 5.88 Å². The molecular weight excluding hydrogens is 268 g/mol. The van der Waals surface area contributed by atoms with Gasteiger partial charge in [0.25, 0.3) is 0 Å². The van der Waals surface area contributed by atoms with E-state index in [-0.39, 0.29) is 17.1 Å². The van der Waals surface area contributed by atoms with E-state index in [9.17, 15) is 9.90 Å². The fourth-order valence-corrected chi connectivity index (χ4v) is 2.11. The molecule has 3 rings (SSSR count). The molecule has 0 bridgehead atoms. The monoisotopic (exact) mass is 280 g/mol. The quantitative estimate of drug-likeness (QED) is 0.877. The number of rotatable bonds is 3. The van der Waals surface area contributed by atoms with Gasteiger partial charge in [-0.15, -0.1) is 0 Å². The largest absolute Gasteiger partial charge is 0.506 e. The highest BCUT2D eigenvalue weighted by atomic mass is 16.5. The van der Waals surface area contributed by atoms with Crippen molar-refractivity contribution in [1.29, 1.82) is 0 Å². The standard InChI is InChI=1S/C16H12N2O3/c1-21-14-7-6-10(8-18-14)17-9-13-15(19)11-4-2-3-5-12(11)16(13)20/h2-9,19H,1H3. The second kappa shape index (κ2) is 5.20. The number of aliphatic hydroxyl groups is 1. The van der Waals surface area contributed by atoms with Gasteiger partial charge in [0.05, 0.1) is 24.6 Å². The van der Waals surface area contributed by atoms with Crippen molar-refractivity contribution in [3.05, 3.63) is 59.3 Å². The molecule has 1 aromatic carbocycles. The van der Waals surface area contributed by atoms with E-state index in [0.29, 0.717) is 22.7 Å². The zero-order valence-electron chi connectivity index (χ0n) is 11.3. The molecule has 5 nitrogen and oxygen atoms in total. The van der Waals surface area contributed by atoms with Crippen LogP contribution in [0.3, 0.4) is 0 Å². The number of methoxy groups -OCH3 is 1. The topological polar surface area (TPSA) is 71.8 Å². The Bertz CT molecular complexity index is 761. The van der Waals surface area contributed by atoms with Crippen LogP contribution >= 0.6 is 0 Å². The van der Waals surface area contributed by atoms with Gasteiger partial charge in [-0.3, -0.25) is 9.79 Å². The number of pyridine rings is 1. The first kappa shape index (κ1) is 13.1. The minimum absolute atomic E-state index is 0.0409. The Hall–Kier alpha value is -2.95. The van der Waals surface area contributed by atoms with E-state index in [1.807, 2.05) is 0 Å². The summed E-state index contributed by atoms with van der Waals surface area (Å²) < 4.78 is 4.96. The molecule has 1 aliphatic carbocycles. The molecule has 0 unspecified atom stereocenters. The van der Waals surface area contributed by atoms with Crippen LogP contribution in [0.15, 0.2) is 53.2 Å². The molecule has 1 heterocycles. The van der Waals surface area contributed by atoms with E-state index >= 15 is 0 Å². The third-order valence-corrected chi connectivity index (χ3v) is 3.20. The van der Waals surface area contributed by atoms with Crippen LogP contribution in [0, 0.1) is 0 Å². The van der Waals surface area contributed by atoms with Gasteiger partial charge < -0.3 is 9.84 Å². The molecule has 0 spiro atoms. The minimum atomic E-state index is -0.228. The number of ether oxygens (including phenoxy) is 1. The summed E-state index contributed by atoms with van der Waals surface area (Å²) >= 11 is 0. The fraction of sp³-hybridized carbons (Fsp3) is 0.0625. The summed E-state index contributed by atoms with van der Waals surface area (Å²) in [5, 5.41) is 10.1. The van der Waals surface area contributed by atoms with Gasteiger partial charge in [-0.2, -0.15) is 0 Å². The summed E-state index contributed by atoms with van der Waals surface area (Å²) in [5.41, 5.74) is 1.79. The molecule has 104 valence electrons. The number of fused-ring (bicyclic) bond motifs is 1. The number of allylic oxidation sites excluding steroid dienone is 1. The SMILES string of the molecule is COc1ccc(N=CC2=C(O)c3ccccc3C2=O)cn1. The van der Waals surface area contributed by atoms with Gasteiger partial charge in [0.15, 0.2) is 5.78 Å². The van der Waals surface area contributed by atoms with Crippen LogP contribution in [0.4, 0.5) is 5.69 Å². The highest BCUT2D eigenvalue weighted by Gasteiger charge is 2.27. The predicted octanol–water partition coefficient (Wildman–Crippen LogP) is 2.96. The van der Waals surface area contributed by atoms with Crippen molar-refractivity contribution in [1.82, 2.24) is 4.98 Å². The smallest absolute Gasteiger partial charge is 0.213 e. The third-order valence-electron chi connectivity index (χ3n) is 3.20. The first-order chi connectivity index (χ1) is 10.2. The Labute approximate surface area is 121 Å². The molecule has 5 heteroatoms. The lowest BCUT2D eigenvalue weighted by Gasteiger charge is -1.98. The molecule has 0 atom stereocenters. The van der Waals surface area contributed by atoms with Gasteiger partial charge in [0.1, 0.15) is 5.76 Å². The second-order valence-electron chi connectivity index (χ2n) is 4.45. The van der Waals surface area contributed by atoms with Gasteiger partial charge in [-0.05, 0) is 6.07 Å². The minimum Gasteiger partial charge on any atom is -0.506 e. The van der Waals surface area contributed by atoms with Crippen LogP contribution in [-0.2, 0) is 0 Å². The number of benzene rings is 1. The van der Waals surface area contributed by atoms with Crippen molar-refractivity contribution >= 4 is 23.4 Å². The highest BCUT2D eigenvalue weighted by molar-refractivity contribution is 6.30. The van der Waals surface area contributed by atoms with E-state index in [4.69, 9.17) is 4.74 Å². The molecule has 2 aromatic rings. The average molecular weight is 280 g/mol. The molecule has 0 saturated heterocycles. The zero-order chi connectivity index (χ0) is 14.8. The molecule has 21 heavy (non-hydrogen) atoms. The fourth-order valence-electron chi connectivity index (χ4n) is 2.11. The normalized spacial score (nSPS) is 13.9. The first-order valence-electron chi connectivity index (χ1n) is 6.32. The second-order valence-corrected chi connectivity index (χ2v) is 4.45. The lowest BCUT2D eigenvalue weighted by atomic mass is 10.1. The molecule has 0 fully saturated rings. The highest BCUT2D eigenvalue weighted by Crippen LogP contribution is 2.30. The van der Waals surface area contributed by atoms with Crippen LogP contribution < -0.4 is 4.74 Å². The molecule has 0 aliphatic heterocycles. The van der Waals surface area contributed by atoms with Crippen molar-refractivity contribution in [2.24, 2.45) is 4.99 Å². The summed E-state index contributed by atoms with van der Waals surface area (Å²) in [4.78, 5) is 20.4. The molecular formula is C16H12N2O3. The molecule has 0 amide bonds. The molecule has 1 N–H and O–H groups in total. The molecule has 0 saturated carbocycles. The molecule has 1 aromatic heterocycles. The predicted molar refractivity (Wildman–Crippen MR) is 79.3 cm³/mol. The number of Topliss-reactive ketones (excluding diaryl/α,β-unsaturated/α-hetero) is 1. The summed E-state index contributed by atoms with van der Waals surface area (Å²) in [6, 6.07) is 10.3. The van der Waals surface area contributed by atoms with Gasteiger partial charge in [0.2, 0.25) is 5.88 Å². The number of hydrogen-bond donors (Lipinski definition) is 1. The van der Waals surface area contributed by atoms with Gasteiger partial charge in [-0.25, -0.2) is 4.98 Å². The Kier molecular flexibility index (Phi) is 3.23. The summed E-state index contributed by atoms with van der Waals surface area (Å²) in [6.45, 7) is 0. The Balaban J connectivity index is 1.90. The lowest BCUT2D eigenvalue weighted by Crippen LogP contribution is -1.99. The Morgan fingerprint density at radius 2 is 1.95 bits per heavy atom. The van der Waals surface area contributed by atoms with Gasteiger partial charge in [0, 0.05) is 23.4 Å². The first-order valence-corrected chi connectivity index (χ1v) is 6.32. The van der Waals surface area contributed by atoms with Crippen LogP contribution in [0.2, 0.25) is 0 Å². The number of nitrogens with zero attached hydrogens (tertiary/aromatic N) is 2. The number of aliphatic imine (C=N–C) groups is 1. The van der Waals surface area contributed by atoms with Gasteiger partial charge >= 0.3 is 0 Å². The van der Waals surface area contributed by atoms with Crippen molar-refractivity contribution in [2.45, 2.75) is 0 Å². The third kappa shape index (κ3) is 2.29. The van der Waals surface area contributed by atoms with Crippen molar-refractivity contribution < 1.29 is 14.6 Å². The zero-order valence-corrected chi connectivity index (χ0v) is 11.3. The van der Waals surface area contributed by atoms with E-state index < -0.39 is 0 Å². The van der Waals surface area contributed by atoms with Crippen LogP contribution in [0.25, 0.3) is 5.76 Å². The number of aromatic nitrogens is 1. The number of hydrogen-bond acceptors (Lipinski definition) is 5. The summed E-state index contributed by atoms with van der Waals surface area (Å²) in [6.07, 6.45) is 2.89. The number of carbonyl (C=O) groups is 1. The average Bonchev–Trinajstić information content (AvgIpc) is 2.78. The van der Waals surface area contributed by atoms with Crippen molar-refractivity contribution in [3.63, 3.8) is 0 Å². The van der Waals surface area contributed by atoms with E-state index in [1.165, 1.54) is 19.5 Å². The Morgan fingerprint density at radius 1 is 1.19 bits per heavy atom. The van der Waals surface area contributed by atoms with E-state index in [0.717, 1.165) is 0 Å². The lowest BCUT2D eigenvalue weighted by molar-refractivity contribution is 0.104. The maximum absolute atomic E-state index is 12.2. The maximum Gasteiger partial charge on any atom is 0.213 e. The van der Waals surface area contributed by atoms with Crippen LogP contribution in [-0.4, -0.2) is 29.2 Å². The number of aliphatic hydroxyl groups excluding tert-OH is 1. The Morgan fingerprint density at radius 3 is 2.57 bits per heavy atom. The van der Waals surface area contributed by atoms with Gasteiger partial charge in [-0.1, -0.05) is 24.3 Å². The van der Waals surface area contributed by atoms with Crippen molar-refractivity contribution in [3.8, 4) is 5.88 Å². The number of ketones is 1. The number of carbonyl (C=O) groups excluding carboxylic acids is 1.